The molecule has 8 heteroatoms. The summed E-state index contributed by atoms with van der Waals surface area (Å²) in [5.41, 5.74) is -0.161. The lowest BCUT2D eigenvalue weighted by molar-refractivity contribution is -0.00866. The number of nitrogens with zero attached hydrogens (tertiary/aromatic N) is 5. The van der Waals surface area contributed by atoms with E-state index in [0.29, 0.717) is 17.4 Å². The number of anilines is 1. The molecule has 1 aliphatic heterocycles. The summed E-state index contributed by atoms with van der Waals surface area (Å²) in [6.45, 7) is 7.14. The molecule has 1 aromatic rings. The molecule has 1 amide bonds. The number of hydrogen-bond acceptors (Lipinski definition) is 7. The van der Waals surface area contributed by atoms with Crippen LogP contribution in [0.25, 0.3) is 0 Å². The number of nitriles is 1. The highest BCUT2D eigenvalue weighted by Crippen LogP contribution is 2.49. The summed E-state index contributed by atoms with van der Waals surface area (Å²) in [7, 11) is 0. The second kappa shape index (κ2) is 6.47. The fourth-order valence-corrected chi connectivity index (χ4v) is 3.59. The van der Waals surface area contributed by atoms with E-state index in [-0.39, 0.29) is 11.9 Å². The van der Waals surface area contributed by atoms with Gasteiger partial charge in [0, 0.05) is 19.1 Å². The van der Waals surface area contributed by atoms with Crippen LogP contribution in [-0.4, -0.2) is 50.7 Å². The Labute approximate surface area is 147 Å². The highest BCUT2D eigenvalue weighted by molar-refractivity contribution is 5.68. The van der Waals surface area contributed by atoms with Gasteiger partial charge in [0.15, 0.2) is 0 Å². The molecule has 1 saturated heterocycles. The number of piperidine rings is 1. The zero-order valence-corrected chi connectivity index (χ0v) is 14.9. The molecule has 1 aromatic heterocycles. The monoisotopic (exact) mass is 344 g/mol. The zero-order valence-electron chi connectivity index (χ0n) is 14.9. The number of carbonyl (C=O) groups excluding carboxylic acids is 1. The van der Waals surface area contributed by atoms with Crippen LogP contribution in [0.5, 0.6) is 0 Å². The summed E-state index contributed by atoms with van der Waals surface area (Å²) in [4.78, 5) is 25.8. The lowest BCUT2D eigenvalue weighted by Gasteiger charge is -2.52. The molecular formula is C17H24N6O2. The van der Waals surface area contributed by atoms with E-state index in [9.17, 15) is 4.79 Å². The number of aromatic nitrogens is 3. The van der Waals surface area contributed by atoms with Crippen LogP contribution in [0.4, 0.5) is 10.7 Å². The first-order valence-corrected chi connectivity index (χ1v) is 8.62. The van der Waals surface area contributed by atoms with Crippen molar-refractivity contribution in [2.75, 3.05) is 18.4 Å². The summed E-state index contributed by atoms with van der Waals surface area (Å²) >= 11 is 0. The van der Waals surface area contributed by atoms with Gasteiger partial charge in [-0.3, -0.25) is 0 Å². The molecule has 8 nitrogen and oxygen atoms in total. The van der Waals surface area contributed by atoms with Crippen molar-refractivity contribution in [1.29, 1.82) is 5.26 Å². The van der Waals surface area contributed by atoms with Crippen molar-refractivity contribution < 1.29 is 9.53 Å². The summed E-state index contributed by atoms with van der Waals surface area (Å²) in [6.07, 6.45) is 5.18. The van der Waals surface area contributed by atoms with Crippen molar-refractivity contribution in [2.45, 2.75) is 58.1 Å². The molecule has 0 radical (unpaired) electrons. The number of amides is 1. The van der Waals surface area contributed by atoms with Crippen LogP contribution >= 0.6 is 0 Å². The summed E-state index contributed by atoms with van der Waals surface area (Å²) < 4.78 is 5.44. The minimum atomic E-state index is -0.454. The standard InChI is InChI=1S/C17H24N6O2/c1-16(2,3)25-15(24)23-6-4-17(5-7-23)8-12(9-17)21-14-20-11-19-13(10-18)22-14/h11-12H,4-9H2,1-3H3,(H,19,20,21,22). The van der Waals surface area contributed by atoms with Gasteiger partial charge in [0.1, 0.15) is 18.0 Å². The molecule has 1 N–H and O–H groups in total. The Morgan fingerprint density at radius 3 is 2.64 bits per heavy atom. The van der Waals surface area contributed by atoms with Crippen molar-refractivity contribution in [3.63, 3.8) is 0 Å². The fourth-order valence-electron chi connectivity index (χ4n) is 3.59. The Balaban J connectivity index is 1.47. The lowest BCUT2D eigenvalue weighted by Crippen LogP contribution is -2.53. The van der Waals surface area contributed by atoms with Crippen LogP contribution in [0, 0.1) is 16.7 Å². The van der Waals surface area contributed by atoms with E-state index in [4.69, 9.17) is 10.00 Å². The second-order valence-corrected chi connectivity index (χ2v) is 7.96. The van der Waals surface area contributed by atoms with Crippen LogP contribution < -0.4 is 5.32 Å². The average molecular weight is 344 g/mol. The summed E-state index contributed by atoms with van der Waals surface area (Å²) in [5, 5.41) is 12.1. The van der Waals surface area contributed by atoms with Gasteiger partial charge >= 0.3 is 6.09 Å². The Morgan fingerprint density at radius 1 is 1.36 bits per heavy atom. The van der Waals surface area contributed by atoms with Gasteiger partial charge in [-0.15, -0.1) is 0 Å². The van der Waals surface area contributed by atoms with E-state index in [0.717, 1.165) is 38.8 Å². The first kappa shape index (κ1) is 17.4. The molecule has 1 saturated carbocycles. The van der Waals surface area contributed by atoms with Crippen molar-refractivity contribution >= 4 is 12.0 Å². The van der Waals surface area contributed by atoms with E-state index in [1.54, 1.807) is 0 Å². The number of rotatable bonds is 2. The highest BCUT2D eigenvalue weighted by atomic mass is 16.6. The Kier molecular flexibility index (Phi) is 4.50. The molecular weight excluding hydrogens is 320 g/mol. The van der Waals surface area contributed by atoms with Crippen molar-refractivity contribution in [1.82, 2.24) is 19.9 Å². The Morgan fingerprint density at radius 2 is 2.04 bits per heavy atom. The zero-order chi connectivity index (χ0) is 18.1. The average Bonchev–Trinajstić information content (AvgIpc) is 2.52. The number of ether oxygens (including phenoxy) is 1. The van der Waals surface area contributed by atoms with Crippen molar-refractivity contribution in [3.05, 3.63) is 12.2 Å². The van der Waals surface area contributed by atoms with E-state index >= 15 is 0 Å². The Hall–Kier alpha value is -2.43. The van der Waals surface area contributed by atoms with Crippen LogP contribution in [-0.2, 0) is 4.74 Å². The van der Waals surface area contributed by atoms with Gasteiger partial charge in [0.05, 0.1) is 0 Å². The molecule has 0 aromatic carbocycles. The normalized spacial score (nSPS) is 19.8. The number of nitrogens with one attached hydrogen (secondary N) is 1. The van der Waals surface area contributed by atoms with E-state index in [1.807, 2.05) is 31.7 Å². The SMILES string of the molecule is CC(C)(C)OC(=O)N1CCC2(CC1)CC(Nc1ncnc(C#N)n1)C2. The van der Waals surface area contributed by atoms with E-state index in [1.165, 1.54) is 6.33 Å². The van der Waals surface area contributed by atoms with Gasteiger partial charge < -0.3 is 15.0 Å². The third-order valence-corrected chi connectivity index (χ3v) is 4.84. The van der Waals surface area contributed by atoms with E-state index < -0.39 is 5.60 Å². The third-order valence-electron chi connectivity index (χ3n) is 4.84. The predicted octanol–water partition coefficient (Wildman–Crippen LogP) is 2.33. The van der Waals surface area contributed by atoms with Crippen LogP contribution in [0.2, 0.25) is 0 Å². The van der Waals surface area contributed by atoms with Gasteiger partial charge in [-0.2, -0.15) is 10.2 Å². The maximum atomic E-state index is 12.1. The highest BCUT2D eigenvalue weighted by Gasteiger charge is 2.47. The second-order valence-electron chi connectivity index (χ2n) is 7.96. The molecule has 3 rings (SSSR count). The Bertz CT molecular complexity index is 677. The summed E-state index contributed by atoms with van der Waals surface area (Å²) in [6, 6.07) is 2.22. The first-order chi connectivity index (χ1) is 11.8. The van der Waals surface area contributed by atoms with Gasteiger partial charge in [0.2, 0.25) is 11.8 Å². The summed E-state index contributed by atoms with van der Waals surface area (Å²) in [5.74, 6) is 0.579. The van der Waals surface area contributed by atoms with Crippen LogP contribution in [0.3, 0.4) is 0 Å². The van der Waals surface area contributed by atoms with Crippen LogP contribution in [0.1, 0.15) is 52.3 Å². The van der Waals surface area contributed by atoms with Gasteiger partial charge in [-0.25, -0.2) is 14.8 Å². The number of likely N-dealkylation sites (tertiary alicyclic amines) is 1. The topological polar surface area (TPSA) is 104 Å². The van der Waals surface area contributed by atoms with Gasteiger partial charge in [-0.1, -0.05) is 0 Å². The molecule has 2 fully saturated rings. The number of carbonyl (C=O) groups is 1. The predicted molar refractivity (Wildman–Crippen MR) is 90.7 cm³/mol. The molecule has 134 valence electrons. The van der Waals surface area contributed by atoms with Gasteiger partial charge in [0.25, 0.3) is 0 Å². The molecule has 0 bridgehead atoms. The smallest absolute Gasteiger partial charge is 0.410 e. The minimum Gasteiger partial charge on any atom is -0.444 e. The third kappa shape index (κ3) is 4.16. The van der Waals surface area contributed by atoms with Crippen molar-refractivity contribution in [2.24, 2.45) is 5.41 Å². The number of hydrogen-bond donors (Lipinski definition) is 1. The molecule has 25 heavy (non-hydrogen) atoms. The maximum absolute atomic E-state index is 12.1. The first-order valence-electron chi connectivity index (χ1n) is 8.62. The largest absolute Gasteiger partial charge is 0.444 e. The molecule has 2 aliphatic rings. The molecule has 0 atom stereocenters. The molecule has 2 heterocycles. The maximum Gasteiger partial charge on any atom is 0.410 e. The van der Waals surface area contributed by atoms with Crippen molar-refractivity contribution in [3.8, 4) is 6.07 Å². The van der Waals surface area contributed by atoms with Crippen LogP contribution in [0.15, 0.2) is 6.33 Å². The minimum absolute atomic E-state index is 0.122. The van der Waals surface area contributed by atoms with Gasteiger partial charge in [-0.05, 0) is 51.9 Å². The van der Waals surface area contributed by atoms with E-state index in [2.05, 4.69) is 20.3 Å². The molecule has 1 spiro atoms. The molecule has 1 aliphatic carbocycles. The fraction of sp³-hybridized carbons (Fsp3) is 0.706. The lowest BCUT2D eigenvalue weighted by atomic mass is 9.60. The molecule has 0 unspecified atom stereocenters. The quantitative estimate of drug-likeness (QED) is 0.878.